The molecule has 11 heteroatoms. The number of pyridine rings is 1. The highest BCUT2D eigenvalue weighted by molar-refractivity contribution is 6.07. The van der Waals surface area contributed by atoms with E-state index >= 15 is 0 Å². The fourth-order valence-corrected chi connectivity index (χ4v) is 3.12. The summed E-state index contributed by atoms with van der Waals surface area (Å²) in [6.07, 6.45) is 8.27. The van der Waals surface area contributed by atoms with Crippen molar-refractivity contribution < 1.29 is 9.84 Å². The van der Waals surface area contributed by atoms with E-state index in [2.05, 4.69) is 31.2 Å². The van der Waals surface area contributed by atoms with Crippen LogP contribution < -0.4 is 21.3 Å². The standard InChI is InChI=1S/C19H23N9O2/c1-30-12-15-8-22-17-3-2-13(10-27(15)17)11-28-19-18(25-26-28)23-9-16(24-19)14(6-20)7-21-4-5-29/h2-3,6-10,20-21,26,29H,4-5,11-12H2,1H3,(H,23,25)/b14-7+,20-6?. The number of ether oxygens (including phenoxy) is 1. The lowest BCUT2D eigenvalue weighted by Crippen LogP contribution is -2.35. The van der Waals surface area contributed by atoms with E-state index in [0.717, 1.165) is 16.9 Å². The van der Waals surface area contributed by atoms with E-state index in [1.165, 1.54) is 6.21 Å². The molecule has 156 valence electrons. The van der Waals surface area contributed by atoms with Crippen LogP contribution in [0.15, 0.2) is 36.9 Å². The van der Waals surface area contributed by atoms with Crippen LogP contribution in [0.2, 0.25) is 0 Å². The predicted molar refractivity (Wildman–Crippen MR) is 113 cm³/mol. The van der Waals surface area contributed by atoms with Gasteiger partial charge in [-0.3, -0.25) is 10.4 Å². The minimum Gasteiger partial charge on any atom is -0.395 e. The van der Waals surface area contributed by atoms with Gasteiger partial charge >= 0.3 is 0 Å². The number of nitrogens with one attached hydrogen (secondary N) is 4. The van der Waals surface area contributed by atoms with Crippen molar-refractivity contribution in [2.75, 3.05) is 30.7 Å². The molecule has 11 nitrogen and oxygen atoms in total. The fourth-order valence-electron chi connectivity index (χ4n) is 3.12. The van der Waals surface area contributed by atoms with Crippen LogP contribution in [0.25, 0.3) is 11.2 Å². The topological polar surface area (TPSA) is 136 Å². The van der Waals surface area contributed by atoms with Crippen molar-refractivity contribution in [2.45, 2.75) is 13.2 Å². The van der Waals surface area contributed by atoms with Crippen molar-refractivity contribution >= 4 is 29.1 Å². The lowest BCUT2D eigenvalue weighted by Gasteiger charge is -2.17. The van der Waals surface area contributed by atoms with E-state index in [9.17, 15) is 0 Å². The van der Waals surface area contributed by atoms with Crippen LogP contribution in [0.3, 0.4) is 0 Å². The summed E-state index contributed by atoms with van der Waals surface area (Å²) in [7, 11) is 1.66. The average molecular weight is 409 g/mol. The van der Waals surface area contributed by atoms with Gasteiger partial charge in [-0.1, -0.05) is 6.07 Å². The van der Waals surface area contributed by atoms with Gasteiger partial charge in [0, 0.05) is 37.8 Å². The number of nitrogens with zero attached hydrogens (tertiary/aromatic N) is 5. The number of rotatable bonds is 9. The Bertz CT molecular complexity index is 1080. The van der Waals surface area contributed by atoms with E-state index < -0.39 is 0 Å². The summed E-state index contributed by atoms with van der Waals surface area (Å²) in [5.41, 5.74) is 10.1. The predicted octanol–water partition coefficient (Wildman–Crippen LogP) is 0.695. The Morgan fingerprint density at radius 1 is 1.33 bits per heavy atom. The first-order chi connectivity index (χ1) is 14.7. The Labute approximate surface area is 172 Å². The number of aromatic nitrogens is 4. The van der Waals surface area contributed by atoms with Gasteiger partial charge in [-0.15, -0.1) is 5.53 Å². The van der Waals surface area contributed by atoms with Gasteiger partial charge in [-0.05, 0) is 11.6 Å². The van der Waals surface area contributed by atoms with Crippen LogP contribution in [0.4, 0.5) is 11.6 Å². The molecule has 0 aliphatic carbocycles. The van der Waals surface area contributed by atoms with E-state index in [0.29, 0.717) is 42.6 Å². The Hall–Kier alpha value is -3.54. The number of imidazole rings is 1. The molecule has 3 aromatic heterocycles. The van der Waals surface area contributed by atoms with Gasteiger partial charge in [-0.2, -0.15) is 0 Å². The van der Waals surface area contributed by atoms with Gasteiger partial charge in [0.05, 0.1) is 43.5 Å². The first-order valence-corrected chi connectivity index (χ1v) is 9.38. The smallest absolute Gasteiger partial charge is 0.190 e. The van der Waals surface area contributed by atoms with E-state index in [1.807, 2.05) is 27.7 Å². The van der Waals surface area contributed by atoms with Crippen molar-refractivity contribution in [3.63, 3.8) is 0 Å². The number of hydrazine groups is 2. The number of hydrogen-bond acceptors (Lipinski definition) is 10. The van der Waals surface area contributed by atoms with Crippen LogP contribution in [0, 0.1) is 5.41 Å². The number of methoxy groups -OCH3 is 1. The van der Waals surface area contributed by atoms with Crippen LogP contribution >= 0.6 is 0 Å². The summed E-state index contributed by atoms with van der Waals surface area (Å²) in [4.78, 5) is 13.4. The van der Waals surface area contributed by atoms with Gasteiger partial charge in [0.2, 0.25) is 0 Å². The SMILES string of the molecule is COCc1cnc2ccc(CN3NNc4ncc(/C(C=N)=C/NCCO)nc43)cn12. The Kier molecular flexibility index (Phi) is 5.84. The third-order valence-electron chi connectivity index (χ3n) is 4.56. The van der Waals surface area contributed by atoms with Crippen molar-refractivity contribution in [3.05, 3.63) is 53.9 Å². The Balaban J connectivity index is 1.58. The Morgan fingerprint density at radius 2 is 2.23 bits per heavy atom. The maximum Gasteiger partial charge on any atom is 0.190 e. The largest absolute Gasteiger partial charge is 0.395 e. The molecule has 0 radical (unpaired) electrons. The molecule has 0 saturated heterocycles. The summed E-state index contributed by atoms with van der Waals surface area (Å²) < 4.78 is 7.25. The fraction of sp³-hybridized carbons (Fsp3) is 0.263. The van der Waals surface area contributed by atoms with Crippen molar-refractivity contribution in [3.8, 4) is 0 Å². The summed E-state index contributed by atoms with van der Waals surface area (Å²) >= 11 is 0. The molecule has 5 N–H and O–H groups in total. The monoisotopic (exact) mass is 409 g/mol. The van der Waals surface area contributed by atoms with Crippen LogP contribution in [0.5, 0.6) is 0 Å². The molecular formula is C19H23N9O2. The molecule has 0 aromatic carbocycles. The van der Waals surface area contributed by atoms with E-state index in [1.54, 1.807) is 25.7 Å². The molecule has 3 aromatic rings. The minimum atomic E-state index is 0.00657. The molecule has 0 atom stereocenters. The van der Waals surface area contributed by atoms with E-state index in [4.69, 9.17) is 15.3 Å². The number of allylic oxidation sites excluding steroid dienone is 1. The van der Waals surface area contributed by atoms with Gasteiger partial charge in [0.1, 0.15) is 5.65 Å². The van der Waals surface area contributed by atoms with E-state index in [-0.39, 0.29) is 6.61 Å². The van der Waals surface area contributed by atoms with Gasteiger partial charge in [0.15, 0.2) is 11.6 Å². The quantitative estimate of drug-likeness (QED) is 0.255. The number of aliphatic hydroxyl groups excluding tert-OH is 1. The molecule has 4 heterocycles. The van der Waals surface area contributed by atoms with Crippen LogP contribution in [-0.4, -0.2) is 50.9 Å². The average Bonchev–Trinajstić information content (AvgIpc) is 3.35. The molecule has 1 aliphatic rings. The third-order valence-corrected chi connectivity index (χ3v) is 4.56. The molecule has 0 amide bonds. The summed E-state index contributed by atoms with van der Waals surface area (Å²) in [5, 5.41) is 21.3. The molecule has 1 aliphatic heterocycles. The first-order valence-electron chi connectivity index (χ1n) is 9.38. The number of fused-ring (bicyclic) bond motifs is 2. The number of anilines is 2. The second kappa shape index (κ2) is 8.86. The number of aliphatic hydroxyl groups is 1. The van der Waals surface area contributed by atoms with Gasteiger partial charge in [0.25, 0.3) is 0 Å². The van der Waals surface area contributed by atoms with Crippen molar-refractivity contribution in [1.29, 1.82) is 5.41 Å². The summed E-state index contributed by atoms with van der Waals surface area (Å²) in [6.45, 7) is 1.42. The molecule has 4 rings (SSSR count). The lowest BCUT2D eigenvalue weighted by atomic mass is 10.2. The second-order valence-corrected chi connectivity index (χ2v) is 6.62. The van der Waals surface area contributed by atoms with Crippen LogP contribution in [0.1, 0.15) is 17.0 Å². The lowest BCUT2D eigenvalue weighted by molar-refractivity contribution is 0.181. The molecular weight excluding hydrogens is 386 g/mol. The maximum absolute atomic E-state index is 8.91. The molecule has 0 unspecified atom stereocenters. The van der Waals surface area contributed by atoms with Gasteiger partial charge < -0.3 is 25.0 Å². The molecule has 0 bridgehead atoms. The zero-order valence-corrected chi connectivity index (χ0v) is 16.5. The van der Waals surface area contributed by atoms with Gasteiger partial charge in [-0.25, -0.2) is 15.0 Å². The minimum absolute atomic E-state index is 0.00657. The first kappa shape index (κ1) is 19.8. The van der Waals surface area contributed by atoms with Crippen LogP contribution in [-0.2, 0) is 17.9 Å². The highest BCUT2D eigenvalue weighted by Gasteiger charge is 2.23. The maximum atomic E-state index is 8.91. The summed E-state index contributed by atoms with van der Waals surface area (Å²) in [5.74, 6) is 1.24. The zero-order valence-electron chi connectivity index (χ0n) is 16.5. The normalized spacial score (nSPS) is 13.4. The third kappa shape index (κ3) is 3.94. The molecule has 0 fully saturated rings. The summed E-state index contributed by atoms with van der Waals surface area (Å²) in [6, 6.07) is 3.97. The highest BCUT2D eigenvalue weighted by atomic mass is 16.5. The van der Waals surface area contributed by atoms with Crippen molar-refractivity contribution in [1.82, 2.24) is 30.2 Å². The molecule has 0 saturated carbocycles. The Morgan fingerprint density at radius 3 is 3.03 bits per heavy atom. The second-order valence-electron chi connectivity index (χ2n) is 6.62. The zero-order chi connectivity index (χ0) is 20.9. The highest BCUT2D eigenvalue weighted by Crippen LogP contribution is 2.27. The molecule has 0 spiro atoms. The van der Waals surface area contributed by atoms with Crippen molar-refractivity contribution in [2.24, 2.45) is 0 Å². The number of hydrogen-bond donors (Lipinski definition) is 5. The molecule has 30 heavy (non-hydrogen) atoms.